The van der Waals surface area contributed by atoms with E-state index in [-0.39, 0.29) is 18.1 Å². The van der Waals surface area contributed by atoms with Crippen molar-refractivity contribution in [1.29, 1.82) is 0 Å². The maximum Gasteiger partial charge on any atom is 0.490 e. The van der Waals surface area contributed by atoms with Crippen LogP contribution in [0.5, 0.6) is 0 Å². The van der Waals surface area contributed by atoms with Gasteiger partial charge in [0.15, 0.2) is 5.13 Å². The number of nitrogens with zero attached hydrogens (tertiary/aromatic N) is 2. The van der Waals surface area contributed by atoms with E-state index in [1.165, 1.54) is 11.3 Å². The molecule has 0 unspecified atom stereocenters. The quantitative estimate of drug-likeness (QED) is 0.199. The smallest absolute Gasteiger partial charge is 0.475 e. The van der Waals surface area contributed by atoms with Crippen molar-refractivity contribution in [2.75, 3.05) is 5.32 Å². The van der Waals surface area contributed by atoms with Crippen molar-refractivity contribution in [2.45, 2.75) is 38.8 Å². The highest BCUT2D eigenvalue weighted by molar-refractivity contribution is 7.22. The fraction of sp³-hybridized carbons (Fsp3) is 0.292. The summed E-state index contributed by atoms with van der Waals surface area (Å²) < 4.78 is 92.1. The van der Waals surface area contributed by atoms with Crippen LogP contribution in [0.4, 0.5) is 40.3 Å². The van der Waals surface area contributed by atoms with Crippen molar-refractivity contribution in [1.82, 2.24) is 15.2 Å². The van der Waals surface area contributed by atoms with Crippen molar-refractivity contribution < 1.29 is 59.7 Å². The number of aryl methyl sites for hydroxylation is 1. The van der Waals surface area contributed by atoms with E-state index in [0.29, 0.717) is 21.8 Å². The van der Waals surface area contributed by atoms with Gasteiger partial charge in [-0.2, -0.15) is 31.4 Å². The molecular weight excluding hydrogens is 608 g/mol. The van der Waals surface area contributed by atoms with Crippen LogP contribution in [-0.2, 0) is 14.4 Å². The number of benzene rings is 2. The van der Waals surface area contributed by atoms with Gasteiger partial charge >= 0.3 is 24.3 Å². The molecule has 42 heavy (non-hydrogen) atoms. The van der Waals surface area contributed by atoms with Crippen LogP contribution in [0.3, 0.4) is 0 Å². The Morgan fingerprint density at radius 3 is 2.07 bits per heavy atom. The molecule has 18 heteroatoms. The number of carboxylic acids is 2. The summed E-state index contributed by atoms with van der Waals surface area (Å²) in [4.78, 5) is 34.1. The molecule has 4 N–H and O–H groups in total. The zero-order valence-corrected chi connectivity index (χ0v) is 21.9. The fourth-order valence-electron chi connectivity index (χ4n) is 3.60. The molecule has 0 radical (unpaired) electrons. The molecule has 2 heterocycles. The Labute approximate surface area is 233 Å². The number of aromatic nitrogens is 3. The number of alkyl halides is 7. The number of amides is 1. The number of H-pyrrole nitrogens is 1. The highest BCUT2D eigenvalue weighted by Gasteiger charge is 2.44. The van der Waals surface area contributed by atoms with E-state index in [0.717, 1.165) is 26.7 Å². The molecule has 1 aliphatic carbocycles. The molecule has 4 aromatic rings. The van der Waals surface area contributed by atoms with Gasteiger partial charge in [-0.1, -0.05) is 17.4 Å². The zero-order chi connectivity index (χ0) is 31.7. The van der Waals surface area contributed by atoms with Crippen LogP contribution < -0.4 is 5.32 Å². The third-order valence-electron chi connectivity index (χ3n) is 5.76. The lowest BCUT2D eigenvalue weighted by Gasteiger charge is -2.11. The highest BCUT2D eigenvalue weighted by Crippen LogP contribution is 2.39. The lowest BCUT2D eigenvalue weighted by Crippen LogP contribution is -2.21. The Bertz CT molecular complexity index is 1640. The van der Waals surface area contributed by atoms with E-state index >= 15 is 0 Å². The molecule has 5 rings (SSSR count). The Morgan fingerprint density at radius 2 is 1.57 bits per heavy atom. The second-order valence-electron chi connectivity index (χ2n) is 8.75. The van der Waals surface area contributed by atoms with E-state index < -0.39 is 36.4 Å². The maximum atomic E-state index is 14.7. The molecule has 226 valence electrons. The molecule has 2 atom stereocenters. The van der Waals surface area contributed by atoms with Crippen molar-refractivity contribution >= 4 is 55.4 Å². The molecule has 1 fully saturated rings. The molecule has 0 bridgehead atoms. The largest absolute Gasteiger partial charge is 0.490 e. The zero-order valence-electron chi connectivity index (χ0n) is 21.1. The number of carbonyl (C=O) groups is 3. The summed E-state index contributed by atoms with van der Waals surface area (Å²) in [6, 6.07) is 5.66. The summed E-state index contributed by atoms with van der Waals surface area (Å²) in [5.41, 5.74) is 4.15. The van der Waals surface area contributed by atoms with Gasteiger partial charge in [0.1, 0.15) is 12.0 Å². The van der Waals surface area contributed by atoms with Crippen molar-refractivity contribution in [3.63, 3.8) is 0 Å². The summed E-state index contributed by atoms with van der Waals surface area (Å²) in [5, 5.41) is 25.2. The van der Waals surface area contributed by atoms with Gasteiger partial charge in [-0.05, 0) is 49.1 Å². The fourth-order valence-corrected chi connectivity index (χ4v) is 4.51. The van der Waals surface area contributed by atoms with Crippen LogP contribution in [0.2, 0.25) is 0 Å². The van der Waals surface area contributed by atoms with Crippen LogP contribution in [0.15, 0.2) is 24.4 Å². The second kappa shape index (κ2) is 11.9. The van der Waals surface area contributed by atoms with Gasteiger partial charge in [0.2, 0.25) is 5.91 Å². The number of fused-ring (bicyclic) bond motifs is 2. The number of aromatic amines is 1. The molecule has 2 aromatic heterocycles. The molecule has 9 nitrogen and oxygen atoms in total. The Balaban J connectivity index is 0.000000289. The van der Waals surface area contributed by atoms with Gasteiger partial charge in [-0.3, -0.25) is 9.89 Å². The number of anilines is 1. The predicted octanol–water partition coefficient (Wildman–Crippen LogP) is 6.16. The molecule has 0 aliphatic heterocycles. The van der Waals surface area contributed by atoms with Gasteiger partial charge in [0, 0.05) is 10.9 Å². The standard InChI is InChI=1S/C20H16F2N4OS.2C2HF3O2/c1-8-16(12-7-23-26-18(12)9(2)17(8)22)10-3-4-14-15(5-10)28-20(24-14)25-19(27)11-6-13(11)21;2*3-2(4,5)1(6)7/h3-5,7,11,13H,6H2,1-2H3,(H,23,26)(H,24,25,27);2*(H,6,7)/t11-,13+;;/m1../s1. The molecule has 0 saturated heterocycles. The van der Waals surface area contributed by atoms with E-state index in [1.54, 1.807) is 20.0 Å². The van der Waals surface area contributed by atoms with Gasteiger partial charge in [0.25, 0.3) is 0 Å². The highest BCUT2D eigenvalue weighted by atomic mass is 32.1. The maximum absolute atomic E-state index is 14.7. The number of rotatable bonds is 3. The van der Waals surface area contributed by atoms with Crippen LogP contribution >= 0.6 is 11.3 Å². The first kappa shape index (κ1) is 32.2. The SMILES string of the molecule is Cc1c(F)c(C)c2[nH]ncc2c1-c1ccc2nc(NC(=O)[C@@H]3C[C@@H]3F)sc2c1.O=C(O)C(F)(F)F.O=C(O)C(F)(F)F. The summed E-state index contributed by atoms with van der Waals surface area (Å²) in [5.74, 6) is -6.66. The monoisotopic (exact) mass is 626 g/mol. The minimum Gasteiger partial charge on any atom is -0.475 e. The molecular formula is C24H18F8N4O5S. The number of carboxylic acid groups (broad SMARTS) is 2. The number of carbonyl (C=O) groups excluding carboxylic acids is 1. The van der Waals surface area contributed by atoms with Crippen molar-refractivity contribution in [3.05, 3.63) is 41.3 Å². The average molecular weight is 626 g/mol. The van der Waals surface area contributed by atoms with Gasteiger partial charge in [0.05, 0.1) is 27.8 Å². The Hall–Kier alpha value is -4.35. The van der Waals surface area contributed by atoms with Gasteiger partial charge in [-0.15, -0.1) is 0 Å². The van der Waals surface area contributed by atoms with Gasteiger partial charge in [-0.25, -0.2) is 23.4 Å². The number of hydrogen-bond acceptors (Lipinski definition) is 6. The third-order valence-corrected chi connectivity index (χ3v) is 6.69. The van der Waals surface area contributed by atoms with E-state index in [9.17, 15) is 39.9 Å². The summed E-state index contributed by atoms with van der Waals surface area (Å²) in [7, 11) is 0. The number of halogens is 8. The number of hydrogen-bond donors (Lipinski definition) is 4. The first-order chi connectivity index (χ1) is 19.3. The summed E-state index contributed by atoms with van der Waals surface area (Å²) in [6.07, 6.45) is -9.23. The van der Waals surface area contributed by atoms with Crippen LogP contribution in [-0.4, -0.2) is 61.8 Å². The summed E-state index contributed by atoms with van der Waals surface area (Å²) >= 11 is 1.32. The lowest BCUT2D eigenvalue weighted by atomic mass is 9.94. The van der Waals surface area contributed by atoms with Crippen LogP contribution in [0.25, 0.3) is 32.2 Å². The third kappa shape index (κ3) is 7.29. The number of thiazole rings is 1. The second-order valence-corrected chi connectivity index (χ2v) is 9.78. The first-order valence-corrected chi connectivity index (χ1v) is 12.2. The molecule has 1 saturated carbocycles. The van der Waals surface area contributed by atoms with Crippen LogP contribution in [0.1, 0.15) is 17.5 Å². The minimum absolute atomic E-state index is 0.255. The average Bonchev–Trinajstić information content (AvgIpc) is 3.23. The topological polar surface area (TPSA) is 145 Å². The van der Waals surface area contributed by atoms with E-state index in [4.69, 9.17) is 19.8 Å². The summed E-state index contributed by atoms with van der Waals surface area (Å²) in [6.45, 7) is 3.49. The van der Waals surface area contributed by atoms with Crippen molar-refractivity contribution in [3.8, 4) is 11.1 Å². The first-order valence-electron chi connectivity index (χ1n) is 11.4. The van der Waals surface area contributed by atoms with Gasteiger partial charge < -0.3 is 15.5 Å². The molecule has 1 aliphatic rings. The molecule has 2 aromatic carbocycles. The van der Waals surface area contributed by atoms with Crippen LogP contribution in [0, 0.1) is 25.6 Å². The molecule has 1 amide bonds. The lowest BCUT2D eigenvalue weighted by molar-refractivity contribution is -0.193. The predicted molar refractivity (Wildman–Crippen MR) is 133 cm³/mol. The normalized spacial score (nSPS) is 16.2. The van der Waals surface area contributed by atoms with E-state index in [1.807, 2.05) is 18.2 Å². The van der Waals surface area contributed by atoms with Crippen molar-refractivity contribution in [2.24, 2.45) is 5.92 Å². The Kier molecular flexibility index (Phi) is 9.09. The minimum atomic E-state index is -5.08. The number of nitrogens with one attached hydrogen (secondary N) is 2. The number of aliphatic carboxylic acids is 2. The van der Waals surface area contributed by atoms with E-state index in [2.05, 4.69) is 20.5 Å². The molecule has 0 spiro atoms. The Morgan fingerprint density at radius 1 is 1.02 bits per heavy atom.